The number of piperidine rings is 1. The average Bonchev–Trinajstić information content (AvgIpc) is 2.35. The molecule has 1 unspecified atom stereocenters. The van der Waals surface area contributed by atoms with Crippen molar-refractivity contribution in [3.63, 3.8) is 0 Å². The second-order valence-electron chi connectivity index (χ2n) is 6.49. The van der Waals surface area contributed by atoms with E-state index in [2.05, 4.69) is 37.1 Å². The zero-order valence-electron chi connectivity index (χ0n) is 11.6. The highest BCUT2D eigenvalue weighted by molar-refractivity contribution is 5.37. The van der Waals surface area contributed by atoms with Crippen molar-refractivity contribution in [2.45, 2.75) is 38.6 Å². The number of likely N-dealkylation sites (tertiary alicyclic amines) is 1. The highest BCUT2D eigenvalue weighted by atomic mass is 15.1. The van der Waals surface area contributed by atoms with Crippen LogP contribution in [0.4, 0.5) is 0 Å². The maximum absolute atomic E-state index is 6.44. The van der Waals surface area contributed by atoms with Crippen molar-refractivity contribution >= 4 is 0 Å². The second kappa shape index (κ2) is 4.36. The minimum absolute atomic E-state index is 0.247. The van der Waals surface area contributed by atoms with Gasteiger partial charge in [-0.1, -0.05) is 23.8 Å². The van der Waals surface area contributed by atoms with Gasteiger partial charge >= 0.3 is 0 Å². The van der Waals surface area contributed by atoms with Gasteiger partial charge in [0.25, 0.3) is 0 Å². The van der Waals surface area contributed by atoms with Crippen molar-refractivity contribution < 1.29 is 0 Å². The first kappa shape index (κ1) is 12.2. The number of benzene rings is 1. The maximum Gasteiger partial charge on any atom is 0.0303 e. The molecule has 1 atom stereocenters. The van der Waals surface area contributed by atoms with Gasteiger partial charge in [0.05, 0.1) is 0 Å². The normalized spacial score (nSPS) is 27.2. The molecule has 1 aromatic rings. The van der Waals surface area contributed by atoms with E-state index in [4.69, 9.17) is 5.73 Å². The van der Waals surface area contributed by atoms with Gasteiger partial charge in [0.15, 0.2) is 0 Å². The Balaban J connectivity index is 1.89. The molecular weight excluding hydrogens is 220 g/mol. The Labute approximate surface area is 110 Å². The molecule has 0 aromatic heterocycles. The van der Waals surface area contributed by atoms with E-state index in [0.29, 0.717) is 5.41 Å². The molecule has 2 heteroatoms. The lowest BCUT2D eigenvalue weighted by atomic mass is 9.65. The molecule has 1 saturated heterocycles. The molecule has 1 aliphatic heterocycles. The average molecular weight is 244 g/mol. The molecule has 0 saturated carbocycles. The molecule has 1 aromatic carbocycles. The molecule has 18 heavy (non-hydrogen) atoms. The Morgan fingerprint density at radius 2 is 2.00 bits per heavy atom. The minimum atomic E-state index is 0.247. The van der Waals surface area contributed by atoms with Crippen LogP contribution in [0.15, 0.2) is 18.2 Å². The third-order valence-electron chi connectivity index (χ3n) is 4.97. The molecule has 1 fully saturated rings. The van der Waals surface area contributed by atoms with Crippen molar-refractivity contribution in [3.05, 3.63) is 34.9 Å². The molecule has 1 spiro atoms. The number of hydrogen-bond acceptors (Lipinski definition) is 2. The predicted octanol–water partition coefficient (Wildman–Crippen LogP) is 2.65. The molecule has 98 valence electrons. The molecule has 3 rings (SSSR count). The van der Waals surface area contributed by atoms with Gasteiger partial charge in [0, 0.05) is 6.04 Å². The Kier molecular flexibility index (Phi) is 2.95. The van der Waals surface area contributed by atoms with Crippen LogP contribution in [0.2, 0.25) is 0 Å². The Bertz CT molecular complexity index is 444. The fraction of sp³-hybridized carbons (Fsp3) is 0.625. The van der Waals surface area contributed by atoms with Crippen LogP contribution in [-0.4, -0.2) is 25.0 Å². The van der Waals surface area contributed by atoms with Gasteiger partial charge < -0.3 is 10.6 Å². The van der Waals surface area contributed by atoms with Gasteiger partial charge in [-0.05, 0) is 69.3 Å². The summed E-state index contributed by atoms with van der Waals surface area (Å²) in [6.07, 6.45) is 5.04. The van der Waals surface area contributed by atoms with Gasteiger partial charge in [-0.3, -0.25) is 0 Å². The summed E-state index contributed by atoms with van der Waals surface area (Å²) in [7, 11) is 2.23. The monoisotopic (exact) mass is 244 g/mol. The highest BCUT2D eigenvalue weighted by Crippen LogP contribution is 2.46. The summed E-state index contributed by atoms with van der Waals surface area (Å²) >= 11 is 0. The lowest BCUT2D eigenvalue weighted by Crippen LogP contribution is -2.43. The molecule has 0 radical (unpaired) electrons. The molecule has 2 N–H and O–H groups in total. The van der Waals surface area contributed by atoms with Gasteiger partial charge in [0.1, 0.15) is 0 Å². The summed E-state index contributed by atoms with van der Waals surface area (Å²) in [5, 5.41) is 0. The standard InChI is InChI=1S/C16H24N2/c1-12-3-4-13-10-16(5-7-18(2)8-6-16)11-15(17)14(13)9-12/h3-4,9,15H,5-8,10-11,17H2,1-2H3. The number of hydrogen-bond donors (Lipinski definition) is 1. The summed E-state index contributed by atoms with van der Waals surface area (Å²) in [5.41, 5.74) is 11.2. The number of aryl methyl sites for hydroxylation is 1. The van der Waals surface area contributed by atoms with Gasteiger partial charge in [-0.15, -0.1) is 0 Å². The summed E-state index contributed by atoms with van der Waals surface area (Å²) < 4.78 is 0. The molecule has 2 nitrogen and oxygen atoms in total. The maximum atomic E-state index is 6.44. The van der Waals surface area contributed by atoms with Crippen LogP contribution in [0.3, 0.4) is 0 Å². The first-order valence-corrected chi connectivity index (χ1v) is 7.12. The molecule has 2 aliphatic rings. The van der Waals surface area contributed by atoms with Crippen LogP contribution in [0.5, 0.6) is 0 Å². The van der Waals surface area contributed by atoms with E-state index < -0.39 is 0 Å². The third kappa shape index (κ3) is 2.08. The molecule has 0 amide bonds. The Hall–Kier alpha value is -0.860. The fourth-order valence-corrected chi connectivity index (χ4v) is 3.75. The van der Waals surface area contributed by atoms with E-state index in [-0.39, 0.29) is 6.04 Å². The molecule has 0 bridgehead atoms. The van der Waals surface area contributed by atoms with Crippen molar-refractivity contribution in [1.29, 1.82) is 0 Å². The van der Waals surface area contributed by atoms with E-state index in [1.165, 1.54) is 55.5 Å². The lowest BCUT2D eigenvalue weighted by Gasteiger charge is -2.46. The number of fused-ring (bicyclic) bond motifs is 1. The van der Waals surface area contributed by atoms with Crippen LogP contribution in [-0.2, 0) is 6.42 Å². The van der Waals surface area contributed by atoms with Crippen LogP contribution in [0.1, 0.15) is 42.0 Å². The van der Waals surface area contributed by atoms with Crippen molar-refractivity contribution in [2.24, 2.45) is 11.1 Å². The fourth-order valence-electron chi connectivity index (χ4n) is 3.75. The van der Waals surface area contributed by atoms with Crippen LogP contribution in [0.25, 0.3) is 0 Å². The van der Waals surface area contributed by atoms with E-state index >= 15 is 0 Å². The zero-order valence-corrected chi connectivity index (χ0v) is 11.6. The number of nitrogens with zero attached hydrogens (tertiary/aromatic N) is 1. The summed E-state index contributed by atoms with van der Waals surface area (Å²) in [6, 6.07) is 7.09. The largest absolute Gasteiger partial charge is 0.324 e. The molecule has 1 aliphatic carbocycles. The van der Waals surface area contributed by atoms with Crippen molar-refractivity contribution in [1.82, 2.24) is 4.90 Å². The van der Waals surface area contributed by atoms with E-state index in [9.17, 15) is 0 Å². The minimum Gasteiger partial charge on any atom is -0.324 e. The number of nitrogens with two attached hydrogens (primary N) is 1. The first-order valence-electron chi connectivity index (χ1n) is 7.12. The van der Waals surface area contributed by atoms with Gasteiger partial charge in [-0.2, -0.15) is 0 Å². The first-order chi connectivity index (χ1) is 8.58. The summed E-state index contributed by atoms with van der Waals surface area (Å²) in [5.74, 6) is 0. The van der Waals surface area contributed by atoms with E-state index in [1.807, 2.05) is 0 Å². The topological polar surface area (TPSA) is 29.3 Å². The quantitative estimate of drug-likeness (QED) is 0.760. The predicted molar refractivity (Wildman–Crippen MR) is 75.6 cm³/mol. The smallest absolute Gasteiger partial charge is 0.0303 e. The highest BCUT2D eigenvalue weighted by Gasteiger charge is 2.39. The molecular formula is C16H24N2. The lowest BCUT2D eigenvalue weighted by molar-refractivity contribution is 0.0964. The SMILES string of the molecule is Cc1ccc2c(c1)C(N)CC1(CCN(C)CC1)C2. The van der Waals surface area contributed by atoms with Crippen LogP contribution >= 0.6 is 0 Å². The van der Waals surface area contributed by atoms with Crippen molar-refractivity contribution in [2.75, 3.05) is 20.1 Å². The van der Waals surface area contributed by atoms with E-state index in [0.717, 1.165) is 0 Å². The number of rotatable bonds is 0. The van der Waals surface area contributed by atoms with Crippen molar-refractivity contribution in [3.8, 4) is 0 Å². The second-order valence-corrected chi connectivity index (χ2v) is 6.49. The van der Waals surface area contributed by atoms with Gasteiger partial charge in [-0.25, -0.2) is 0 Å². The van der Waals surface area contributed by atoms with Crippen LogP contribution < -0.4 is 5.73 Å². The van der Waals surface area contributed by atoms with Gasteiger partial charge in [0.2, 0.25) is 0 Å². The summed E-state index contributed by atoms with van der Waals surface area (Å²) in [4.78, 5) is 2.45. The third-order valence-corrected chi connectivity index (χ3v) is 4.97. The zero-order chi connectivity index (χ0) is 12.8. The molecule has 1 heterocycles. The Morgan fingerprint density at radius 1 is 1.28 bits per heavy atom. The van der Waals surface area contributed by atoms with E-state index in [1.54, 1.807) is 0 Å². The van der Waals surface area contributed by atoms with Crippen LogP contribution in [0, 0.1) is 12.3 Å². The summed E-state index contributed by atoms with van der Waals surface area (Å²) in [6.45, 7) is 4.62. The Morgan fingerprint density at radius 3 is 2.72 bits per heavy atom.